The molecule has 2 amide bonds. The SMILES string of the molecule is CCCCN(CCS(=O)(=O)[O-])C(=O)CCCCC(=O)N(CCCC)CCS(=O)(=O)[O-].[Na+].[Na+]. The standard InChI is InChI=1S/C18H36N2O8S2.2Na/c1-3-5-11-19(13-15-29(23,24)25)17(21)9-7-8-10-18(22)20(12-6-4-2)14-16-30(26,27)28;;/h3-16H2,1-2H3,(H,23,24,25)(H,26,27,28);;/q;2*+1/p-2. The molecule has 0 bridgehead atoms. The monoisotopic (exact) mass is 516 g/mol. The van der Waals surface area contributed by atoms with Gasteiger partial charge in [-0.3, -0.25) is 9.59 Å². The van der Waals surface area contributed by atoms with Crippen molar-refractivity contribution in [3.05, 3.63) is 0 Å². The molecule has 0 spiro atoms. The maximum absolute atomic E-state index is 12.3. The van der Waals surface area contributed by atoms with Gasteiger partial charge in [-0.05, 0) is 25.7 Å². The van der Waals surface area contributed by atoms with Crippen molar-refractivity contribution >= 4 is 32.1 Å². The summed E-state index contributed by atoms with van der Waals surface area (Å²) in [7, 11) is -8.81. The maximum atomic E-state index is 12.3. The molecular weight excluding hydrogens is 482 g/mol. The number of amides is 2. The van der Waals surface area contributed by atoms with Gasteiger partial charge in [0.25, 0.3) is 0 Å². The van der Waals surface area contributed by atoms with Gasteiger partial charge in [0.05, 0.1) is 31.7 Å². The van der Waals surface area contributed by atoms with Crippen molar-refractivity contribution in [2.75, 3.05) is 37.7 Å². The molecule has 0 saturated heterocycles. The average molecular weight is 517 g/mol. The van der Waals surface area contributed by atoms with Crippen LogP contribution in [0.2, 0.25) is 0 Å². The maximum Gasteiger partial charge on any atom is 1.00 e. The summed E-state index contributed by atoms with van der Waals surface area (Å²) in [6.07, 6.45) is 4.07. The molecule has 0 N–H and O–H groups in total. The van der Waals surface area contributed by atoms with Crippen LogP contribution in [0.15, 0.2) is 0 Å². The Morgan fingerprint density at radius 1 is 0.625 bits per heavy atom. The summed E-state index contributed by atoms with van der Waals surface area (Å²) in [4.78, 5) is 27.4. The van der Waals surface area contributed by atoms with Crippen LogP contribution in [0, 0.1) is 0 Å². The minimum Gasteiger partial charge on any atom is -0.748 e. The molecule has 0 aromatic heterocycles. The molecule has 0 unspecified atom stereocenters. The van der Waals surface area contributed by atoms with Crippen LogP contribution < -0.4 is 59.1 Å². The van der Waals surface area contributed by atoms with Crippen molar-refractivity contribution < 1.29 is 94.6 Å². The van der Waals surface area contributed by atoms with Gasteiger partial charge in [0, 0.05) is 39.0 Å². The van der Waals surface area contributed by atoms with E-state index in [2.05, 4.69) is 0 Å². The summed E-state index contributed by atoms with van der Waals surface area (Å²) < 4.78 is 65.0. The number of hydrogen-bond donors (Lipinski definition) is 0. The first kappa shape index (κ1) is 37.3. The Hall–Kier alpha value is 0.760. The second-order valence-corrected chi connectivity index (χ2v) is 10.2. The number of unbranched alkanes of at least 4 members (excludes halogenated alkanes) is 3. The fraction of sp³-hybridized carbons (Fsp3) is 0.889. The predicted octanol–water partition coefficient (Wildman–Crippen LogP) is -5.10. The Labute approximate surface area is 237 Å². The fourth-order valence-electron chi connectivity index (χ4n) is 2.73. The molecule has 10 nitrogen and oxygen atoms in total. The van der Waals surface area contributed by atoms with Gasteiger partial charge >= 0.3 is 59.1 Å². The first-order chi connectivity index (χ1) is 13.9. The van der Waals surface area contributed by atoms with Crippen molar-refractivity contribution in [2.24, 2.45) is 0 Å². The number of carbonyl (C=O) groups is 2. The van der Waals surface area contributed by atoms with Gasteiger partial charge in [-0.25, -0.2) is 16.8 Å². The predicted molar refractivity (Wildman–Crippen MR) is 111 cm³/mol. The molecular formula is C18H34N2Na2O8S2. The van der Waals surface area contributed by atoms with Crippen molar-refractivity contribution in [3.63, 3.8) is 0 Å². The van der Waals surface area contributed by atoms with Gasteiger partial charge in [0.1, 0.15) is 0 Å². The van der Waals surface area contributed by atoms with Gasteiger partial charge in [0.2, 0.25) is 11.8 Å². The van der Waals surface area contributed by atoms with Crippen LogP contribution in [-0.2, 0) is 29.8 Å². The van der Waals surface area contributed by atoms with Crippen molar-refractivity contribution in [1.29, 1.82) is 0 Å². The van der Waals surface area contributed by atoms with E-state index < -0.39 is 31.7 Å². The first-order valence-electron chi connectivity index (χ1n) is 10.3. The quantitative estimate of drug-likeness (QED) is 0.106. The summed E-state index contributed by atoms with van der Waals surface area (Å²) in [5.41, 5.74) is 0. The summed E-state index contributed by atoms with van der Waals surface area (Å²) in [6.45, 7) is 4.33. The minimum absolute atomic E-state index is 0. The molecule has 178 valence electrons. The zero-order valence-corrected chi connectivity index (χ0v) is 25.5. The Bertz CT molecular complexity index is 671. The topological polar surface area (TPSA) is 155 Å². The zero-order valence-electron chi connectivity index (χ0n) is 19.9. The second kappa shape index (κ2) is 20.0. The summed E-state index contributed by atoms with van der Waals surface area (Å²) in [5, 5.41) is 0. The molecule has 0 aromatic carbocycles. The van der Waals surface area contributed by atoms with Crippen molar-refractivity contribution in [1.82, 2.24) is 9.80 Å². The van der Waals surface area contributed by atoms with E-state index in [-0.39, 0.29) is 96.9 Å². The van der Waals surface area contributed by atoms with Crippen molar-refractivity contribution in [2.45, 2.75) is 65.2 Å². The number of rotatable bonds is 17. The van der Waals surface area contributed by atoms with Crippen LogP contribution in [0.25, 0.3) is 0 Å². The smallest absolute Gasteiger partial charge is 0.748 e. The zero-order chi connectivity index (χ0) is 23.2. The summed E-state index contributed by atoms with van der Waals surface area (Å²) in [5.74, 6) is -1.79. The Kier molecular flexibility index (Phi) is 23.3. The largest absolute Gasteiger partial charge is 1.00 e. The number of nitrogens with zero attached hydrogens (tertiary/aromatic N) is 2. The van der Waals surface area contributed by atoms with E-state index in [1.807, 2.05) is 13.8 Å². The Balaban J connectivity index is -0.00000420. The van der Waals surface area contributed by atoms with Crippen LogP contribution >= 0.6 is 0 Å². The van der Waals surface area contributed by atoms with E-state index >= 15 is 0 Å². The third-order valence-corrected chi connectivity index (χ3v) is 5.89. The molecule has 0 rings (SSSR count). The normalized spacial score (nSPS) is 11.2. The molecule has 0 saturated carbocycles. The van der Waals surface area contributed by atoms with Crippen LogP contribution in [0.4, 0.5) is 0 Å². The van der Waals surface area contributed by atoms with Crippen LogP contribution in [-0.4, -0.2) is 85.2 Å². The van der Waals surface area contributed by atoms with E-state index in [1.165, 1.54) is 9.80 Å². The van der Waals surface area contributed by atoms with Gasteiger partial charge < -0.3 is 18.9 Å². The van der Waals surface area contributed by atoms with Gasteiger partial charge in [-0.2, -0.15) is 0 Å². The van der Waals surface area contributed by atoms with Gasteiger partial charge in [0.15, 0.2) is 0 Å². The third-order valence-electron chi connectivity index (χ3n) is 4.52. The molecule has 32 heavy (non-hydrogen) atoms. The van der Waals surface area contributed by atoms with Gasteiger partial charge in [-0.1, -0.05) is 26.7 Å². The Morgan fingerprint density at radius 2 is 0.938 bits per heavy atom. The average Bonchev–Trinajstić information content (AvgIpc) is 2.63. The van der Waals surface area contributed by atoms with E-state index in [9.17, 15) is 35.5 Å². The first-order valence-corrected chi connectivity index (χ1v) is 13.5. The molecule has 0 aliphatic heterocycles. The van der Waals surface area contributed by atoms with Crippen LogP contribution in [0.3, 0.4) is 0 Å². The summed E-state index contributed by atoms with van der Waals surface area (Å²) in [6, 6.07) is 0. The minimum atomic E-state index is -4.41. The summed E-state index contributed by atoms with van der Waals surface area (Å²) >= 11 is 0. The molecule has 0 aliphatic rings. The fourth-order valence-corrected chi connectivity index (χ4v) is 3.62. The molecule has 0 aromatic rings. The molecule has 14 heteroatoms. The van der Waals surface area contributed by atoms with E-state index in [4.69, 9.17) is 0 Å². The van der Waals surface area contributed by atoms with Crippen molar-refractivity contribution in [3.8, 4) is 0 Å². The molecule has 0 heterocycles. The van der Waals surface area contributed by atoms with Gasteiger partial charge in [-0.15, -0.1) is 0 Å². The van der Waals surface area contributed by atoms with Crippen LogP contribution in [0.5, 0.6) is 0 Å². The molecule has 0 atom stereocenters. The van der Waals surface area contributed by atoms with E-state index in [1.54, 1.807) is 0 Å². The third kappa shape index (κ3) is 21.3. The van der Waals surface area contributed by atoms with E-state index in [0.29, 0.717) is 38.8 Å². The second-order valence-electron chi connectivity index (χ2n) is 7.20. The number of hydrogen-bond acceptors (Lipinski definition) is 8. The Morgan fingerprint density at radius 3 is 1.19 bits per heavy atom. The molecule has 0 aliphatic carbocycles. The molecule has 0 fully saturated rings. The number of carbonyl (C=O) groups excluding carboxylic acids is 2. The van der Waals surface area contributed by atoms with E-state index in [0.717, 1.165) is 12.8 Å². The molecule has 0 radical (unpaired) electrons. The van der Waals surface area contributed by atoms with Crippen LogP contribution in [0.1, 0.15) is 65.2 Å².